The summed E-state index contributed by atoms with van der Waals surface area (Å²) in [5, 5.41) is 0. The molecule has 2 unspecified atom stereocenters. The summed E-state index contributed by atoms with van der Waals surface area (Å²) in [5.41, 5.74) is 0. The second-order valence-corrected chi connectivity index (χ2v) is 4.39. The van der Waals surface area contributed by atoms with Crippen LogP contribution in [0.15, 0.2) is 0 Å². The predicted molar refractivity (Wildman–Crippen MR) is 50.7 cm³/mol. The normalized spacial score (nSPS) is 17.0. The van der Waals surface area contributed by atoms with E-state index in [4.69, 9.17) is 0 Å². The Labute approximate surface area is 75.8 Å². The Kier molecular flexibility index (Phi) is 5.66. The molecule has 0 heterocycles. The monoisotopic (exact) mass is 195 g/mol. The van der Waals surface area contributed by atoms with Gasteiger partial charge in [0.25, 0.3) is 0 Å². The summed E-state index contributed by atoms with van der Waals surface area (Å²) in [6.45, 7) is 7.67. The maximum Gasteiger partial charge on any atom is 0.492 e. The highest BCUT2D eigenvalue weighted by Gasteiger charge is 2.28. The molecule has 12 heavy (non-hydrogen) atoms. The highest BCUT2D eigenvalue weighted by Crippen LogP contribution is 2.14. The second kappa shape index (κ2) is 5.64. The molecule has 0 fully saturated rings. The van der Waals surface area contributed by atoms with Crippen LogP contribution in [0.2, 0.25) is 0 Å². The van der Waals surface area contributed by atoms with Gasteiger partial charge in [0, 0.05) is 12.1 Å². The first-order valence-corrected chi connectivity index (χ1v) is 5.99. The van der Waals surface area contributed by atoms with Gasteiger partial charge in [-0.3, -0.25) is 12.8 Å². The summed E-state index contributed by atoms with van der Waals surface area (Å²) < 4.78 is 26.7. The van der Waals surface area contributed by atoms with Gasteiger partial charge in [0.2, 0.25) is 0 Å². The Hall–Kier alpha value is 0.0369. The molecule has 0 aliphatic carbocycles. The van der Waals surface area contributed by atoms with Crippen molar-refractivity contribution in [2.75, 3.05) is 0 Å². The molecule has 0 aromatic carbocycles. The SMILES string of the molecule is CCC(C)N(C(C)CC)[SiH](F)F. The largest absolute Gasteiger partial charge is 0.492 e. The average Bonchev–Trinajstić information content (AvgIpc) is 2.03. The van der Waals surface area contributed by atoms with Crippen molar-refractivity contribution < 1.29 is 8.22 Å². The van der Waals surface area contributed by atoms with Crippen molar-refractivity contribution in [2.24, 2.45) is 0 Å². The van der Waals surface area contributed by atoms with Crippen molar-refractivity contribution in [1.82, 2.24) is 4.57 Å². The van der Waals surface area contributed by atoms with Crippen molar-refractivity contribution in [3.63, 3.8) is 0 Å². The fourth-order valence-electron chi connectivity index (χ4n) is 1.24. The van der Waals surface area contributed by atoms with Crippen molar-refractivity contribution in [3.05, 3.63) is 0 Å². The van der Waals surface area contributed by atoms with Crippen molar-refractivity contribution in [3.8, 4) is 0 Å². The molecule has 0 radical (unpaired) electrons. The summed E-state index contributed by atoms with van der Waals surface area (Å²) in [4.78, 5) is 0. The van der Waals surface area contributed by atoms with E-state index in [0.717, 1.165) is 12.8 Å². The highest BCUT2D eigenvalue weighted by molar-refractivity contribution is 6.39. The second-order valence-electron chi connectivity index (χ2n) is 3.24. The van der Waals surface area contributed by atoms with Gasteiger partial charge in [-0.05, 0) is 26.7 Å². The van der Waals surface area contributed by atoms with Crippen LogP contribution in [0.1, 0.15) is 40.5 Å². The van der Waals surface area contributed by atoms with Crippen molar-refractivity contribution >= 4 is 9.63 Å². The Morgan fingerprint density at radius 1 is 1.08 bits per heavy atom. The van der Waals surface area contributed by atoms with Gasteiger partial charge >= 0.3 is 9.63 Å². The van der Waals surface area contributed by atoms with Crippen LogP contribution in [0.4, 0.5) is 8.22 Å². The molecular formula is C8H19F2NSi. The average molecular weight is 195 g/mol. The molecule has 0 aromatic heterocycles. The lowest BCUT2D eigenvalue weighted by Crippen LogP contribution is -2.46. The van der Waals surface area contributed by atoms with Gasteiger partial charge < -0.3 is 0 Å². The van der Waals surface area contributed by atoms with Gasteiger partial charge in [-0.1, -0.05) is 13.8 Å². The zero-order valence-electron chi connectivity index (χ0n) is 8.35. The van der Waals surface area contributed by atoms with Gasteiger partial charge in [-0.15, -0.1) is 0 Å². The maximum atomic E-state index is 12.6. The van der Waals surface area contributed by atoms with E-state index < -0.39 is 9.63 Å². The van der Waals surface area contributed by atoms with Crippen LogP contribution in [0.25, 0.3) is 0 Å². The molecule has 0 saturated heterocycles. The first kappa shape index (κ1) is 12.0. The van der Waals surface area contributed by atoms with Crippen LogP contribution in [0.5, 0.6) is 0 Å². The van der Waals surface area contributed by atoms with Crippen LogP contribution < -0.4 is 0 Å². The Balaban J connectivity index is 4.21. The molecule has 2 atom stereocenters. The number of halogens is 2. The third-order valence-corrected chi connectivity index (χ3v) is 3.89. The van der Waals surface area contributed by atoms with Gasteiger partial charge in [-0.25, -0.2) is 0 Å². The van der Waals surface area contributed by atoms with Crippen molar-refractivity contribution in [1.29, 1.82) is 0 Å². The Morgan fingerprint density at radius 3 is 1.58 bits per heavy atom. The molecule has 0 aromatic rings. The van der Waals surface area contributed by atoms with Crippen LogP contribution in [-0.4, -0.2) is 26.3 Å². The lowest BCUT2D eigenvalue weighted by Gasteiger charge is -2.31. The lowest BCUT2D eigenvalue weighted by molar-refractivity contribution is 0.224. The summed E-state index contributed by atoms with van der Waals surface area (Å²) in [6, 6.07) is 0.0678. The molecule has 0 saturated carbocycles. The zero-order chi connectivity index (χ0) is 9.72. The van der Waals surface area contributed by atoms with E-state index >= 15 is 0 Å². The molecular weight excluding hydrogens is 176 g/mol. The number of rotatable bonds is 5. The topological polar surface area (TPSA) is 3.24 Å². The fraction of sp³-hybridized carbons (Fsp3) is 1.00. The summed E-state index contributed by atoms with van der Waals surface area (Å²) in [7, 11) is -3.60. The molecule has 0 spiro atoms. The predicted octanol–water partition coefficient (Wildman–Crippen LogP) is 2.54. The molecule has 0 aliphatic heterocycles. The molecule has 0 N–H and O–H groups in total. The third kappa shape index (κ3) is 3.19. The molecule has 74 valence electrons. The van der Waals surface area contributed by atoms with Crippen LogP contribution in [0.3, 0.4) is 0 Å². The van der Waals surface area contributed by atoms with E-state index in [9.17, 15) is 8.22 Å². The molecule has 0 rings (SSSR count). The number of hydrogen-bond donors (Lipinski definition) is 0. The first-order valence-electron chi connectivity index (χ1n) is 4.60. The van der Waals surface area contributed by atoms with Gasteiger partial charge in [0.05, 0.1) is 0 Å². The Bertz CT molecular complexity index is 112. The molecule has 0 bridgehead atoms. The van der Waals surface area contributed by atoms with Crippen molar-refractivity contribution in [2.45, 2.75) is 52.6 Å². The van der Waals surface area contributed by atoms with Crippen LogP contribution >= 0.6 is 0 Å². The lowest BCUT2D eigenvalue weighted by atomic mass is 10.2. The molecule has 1 nitrogen and oxygen atoms in total. The van der Waals surface area contributed by atoms with E-state index in [1.807, 2.05) is 27.7 Å². The quantitative estimate of drug-likeness (QED) is 0.481. The van der Waals surface area contributed by atoms with E-state index in [1.165, 1.54) is 4.57 Å². The smallest absolute Gasteiger partial charge is 0.271 e. The van der Waals surface area contributed by atoms with E-state index in [-0.39, 0.29) is 12.1 Å². The Morgan fingerprint density at radius 2 is 1.42 bits per heavy atom. The molecule has 0 amide bonds. The van der Waals surface area contributed by atoms with E-state index in [1.54, 1.807) is 0 Å². The number of hydrogen-bond acceptors (Lipinski definition) is 1. The summed E-state index contributed by atoms with van der Waals surface area (Å²) in [6.07, 6.45) is 1.61. The van der Waals surface area contributed by atoms with E-state index in [2.05, 4.69) is 0 Å². The summed E-state index contributed by atoms with van der Waals surface area (Å²) in [5.74, 6) is 0. The minimum Gasteiger partial charge on any atom is -0.271 e. The minimum atomic E-state index is -3.60. The van der Waals surface area contributed by atoms with E-state index in [0.29, 0.717) is 0 Å². The standard InChI is InChI=1S/C8H19F2NSi/c1-5-7(3)11(12(9)10)8(4)6-2/h7-8,12H,5-6H2,1-4H3. The maximum absolute atomic E-state index is 12.6. The third-order valence-electron chi connectivity index (χ3n) is 2.42. The minimum absolute atomic E-state index is 0.0339. The van der Waals surface area contributed by atoms with Gasteiger partial charge in [0.15, 0.2) is 0 Å². The number of nitrogens with zero attached hydrogens (tertiary/aromatic N) is 1. The first-order chi connectivity index (χ1) is 5.54. The fourth-order valence-corrected chi connectivity index (χ4v) is 2.43. The zero-order valence-corrected chi connectivity index (χ0v) is 9.50. The van der Waals surface area contributed by atoms with Gasteiger partial charge in [0.1, 0.15) is 0 Å². The van der Waals surface area contributed by atoms with Gasteiger partial charge in [-0.2, -0.15) is 0 Å². The summed E-state index contributed by atoms with van der Waals surface area (Å²) >= 11 is 0. The van der Waals surface area contributed by atoms with Crippen LogP contribution in [0, 0.1) is 0 Å². The molecule has 0 aliphatic rings. The van der Waals surface area contributed by atoms with Crippen LogP contribution in [-0.2, 0) is 0 Å². The highest BCUT2D eigenvalue weighted by atomic mass is 28.4. The molecule has 4 heteroatoms.